The van der Waals surface area contributed by atoms with Gasteiger partial charge < -0.3 is 4.79 Å². The second-order valence-corrected chi connectivity index (χ2v) is 4.28. The van der Waals surface area contributed by atoms with E-state index in [0.717, 1.165) is 0 Å². The zero-order valence-electron chi connectivity index (χ0n) is 11.2. The number of carbonyl (C=O) groups excluding carboxylic acids is 1. The molecule has 0 heterocycles. The molecule has 0 aliphatic rings. The van der Waals surface area contributed by atoms with Crippen LogP contribution in [0.15, 0.2) is 84.9 Å². The molecule has 0 saturated carbocycles. The van der Waals surface area contributed by atoms with Crippen molar-refractivity contribution in [1.82, 2.24) is 0 Å². The summed E-state index contributed by atoms with van der Waals surface area (Å²) in [5, 5.41) is 0. The first-order valence-corrected chi connectivity index (χ1v) is 6.44. The molecule has 0 N–H and O–H groups in total. The van der Waals surface area contributed by atoms with Gasteiger partial charge in [0.2, 0.25) is 0 Å². The lowest BCUT2D eigenvalue weighted by molar-refractivity contribution is -0.0979. The van der Waals surface area contributed by atoms with Crippen molar-refractivity contribution in [2.75, 3.05) is 0 Å². The molecule has 1 nitrogen and oxygen atoms in total. The van der Waals surface area contributed by atoms with Gasteiger partial charge in [-0.25, -0.2) is 0 Å². The van der Waals surface area contributed by atoms with E-state index < -0.39 is 0 Å². The first-order valence-electron chi connectivity index (χ1n) is 6.44. The van der Waals surface area contributed by atoms with E-state index in [1.54, 1.807) is 0 Å². The predicted octanol–water partition coefficient (Wildman–Crippen LogP) is 4.84. The van der Waals surface area contributed by atoms with Crippen LogP contribution in [-0.2, 0) is 4.79 Å². The van der Waals surface area contributed by atoms with Gasteiger partial charge in [0.15, 0.2) is 0 Å². The van der Waals surface area contributed by atoms with Gasteiger partial charge in [-0.1, -0.05) is 84.9 Å². The lowest BCUT2D eigenvalue weighted by atomic mass is 9.95. The Morgan fingerprint density at radius 2 is 0.750 bits per heavy atom. The summed E-state index contributed by atoms with van der Waals surface area (Å²) < 4.78 is 0. The van der Waals surface area contributed by atoms with Crippen molar-refractivity contribution in [3.05, 3.63) is 84.9 Å². The normalized spacial score (nSPS) is 9.40. The Morgan fingerprint density at radius 1 is 0.450 bits per heavy atom. The molecule has 3 rings (SSSR count). The molecule has 1 heteroatoms. The van der Waals surface area contributed by atoms with Gasteiger partial charge in [0.1, 0.15) is 6.79 Å². The molecule has 0 aromatic heterocycles. The first kappa shape index (κ1) is 13.8. The molecule has 0 bridgehead atoms. The van der Waals surface area contributed by atoms with E-state index in [4.69, 9.17) is 4.79 Å². The summed E-state index contributed by atoms with van der Waals surface area (Å²) in [6, 6.07) is 29.6. The lowest BCUT2D eigenvalue weighted by Crippen LogP contribution is -1.83. The third-order valence-electron chi connectivity index (χ3n) is 3.10. The zero-order valence-corrected chi connectivity index (χ0v) is 11.2. The van der Waals surface area contributed by atoms with Gasteiger partial charge in [0.05, 0.1) is 0 Å². The van der Waals surface area contributed by atoms with Crippen molar-refractivity contribution in [2.45, 2.75) is 0 Å². The van der Waals surface area contributed by atoms with Gasteiger partial charge in [-0.15, -0.1) is 0 Å². The fourth-order valence-electron chi connectivity index (χ4n) is 2.22. The highest BCUT2D eigenvalue weighted by atomic mass is 16.1. The molecule has 20 heavy (non-hydrogen) atoms. The molecule has 0 spiro atoms. The number of hydrogen-bond acceptors (Lipinski definition) is 1. The van der Waals surface area contributed by atoms with Crippen LogP contribution < -0.4 is 0 Å². The maximum atomic E-state index is 8.00. The second kappa shape index (κ2) is 7.05. The summed E-state index contributed by atoms with van der Waals surface area (Å²) in [7, 11) is 0. The molecular formula is C19H16O. The van der Waals surface area contributed by atoms with Gasteiger partial charge in [-0.2, -0.15) is 0 Å². The van der Waals surface area contributed by atoms with E-state index in [9.17, 15) is 0 Å². The Kier molecular flexibility index (Phi) is 4.85. The molecule has 0 amide bonds. The first-order chi connectivity index (χ1) is 9.95. The third-order valence-corrected chi connectivity index (χ3v) is 3.10. The smallest absolute Gasteiger partial charge is 0.106 e. The number of benzene rings is 3. The van der Waals surface area contributed by atoms with E-state index >= 15 is 0 Å². The molecule has 0 fully saturated rings. The van der Waals surface area contributed by atoms with Crippen LogP contribution in [0.4, 0.5) is 0 Å². The van der Waals surface area contributed by atoms with E-state index in [1.807, 2.05) is 6.79 Å². The van der Waals surface area contributed by atoms with Crippen LogP contribution in [0.3, 0.4) is 0 Å². The Balaban J connectivity index is 0.000000704. The Labute approximate surface area is 119 Å². The number of rotatable bonds is 2. The van der Waals surface area contributed by atoms with Gasteiger partial charge in [0, 0.05) is 0 Å². The van der Waals surface area contributed by atoms with Crippen molar-refractivity contribution in [3.63, 3.8) is 0 Å². The average Bonchev–Trinajstić information content (AvgIpc) is 2.58. The highest BCUT2D eigenvalue weighted by Crippen LogP contribution is 2.31. The van der Waals surface area contributed by atoms with Crippen LogP contribution in [0, 0.1) is 0 Å². The summed E-state index contributed by atoms with van der Waals surface area (Å²) in [5.74, 6) is 0. The topological polar surface area (TPSA) is 17.1 Å². The third kappa shape index (κ3) is 3.01. The fraction of sp³-hybridized carbons (Fsp3) is 0. The Bertz CT molecular complexity index is 586. The highest BCUT2D eigenvalue weighted by molar-refractivity contribution is 5.83. The minimum absolute atomic E-state index is 1.26. The minimum Gasteiger partial charge on any atom is -0.307 e. The molecule has 0 saturated heterocycles. The average molecular weight is 260 g/mol. The summed E-state index contributed by atoms with van der Waals surface area (Å²) in [4.78, 5) is 8.00. The maximum absolute atomic E-state index is 8.00. The molecule has 0 unspecified atom stereocenters. The largest absolute Gasteiger partial charge is 0.307 e. The van der Waals surface area contributed by atoms with E-state index in [0.29, 0.717) is 0 Å². The monoisotopic (exact) mass is 260 g/mol. The van der Waals surface area contributed by atoms with Gasteiger partial charge in [-0.3, -0.25) is 0 Å². The Morgan fingerprint density at radius 3 is 1.10 bits per heavy atom. The maximum Gasteiger partial charge on any atom is 0.106 e. The van der Waals surface area contributed by atoms with Crippen LogP contribution in [0.5, 0.6) is 0 Å². The van der Waals surface area contributed by atoms with Crippen LogP contribution in [0.25, 0.3) is 22.3 Å². The van der Waals surface area contributed by atoms with Crippen LogP contribution in [0.2, 0.25) is 0 Å². The molecule has 0 aliphatic carbocycles. The lowest BCUT2D eigenvalue weighted by Gasteiger charge is -2.09. The molecule has 3 aromatic rings. The quantitative estimate of drug-likeness (QED) is 0.644. The number of hydrogen-bond donors (Lipinski definition) is 0. The molecule has 0 atom stereocenters. The standard InChI is InChI=1S/C18H14.CH2O/c1-3-9-15(10-4-1)17-13-7-8-14-18(17)16-11-5-2-6-12-16;1-2/h1-14H;1H2. The highest BCUT2D eigenvalue weighted by Gasteiger charge is 2.05. The van der Waals surface area contributed by atoms with Crippen molar-refractivity contribution >= 4 is 6.79 Å². The van der Waals surface area contributed by atoms with Crippen LogP contribution in [0.1, 0.15) is 0 Å². The van der Waals surface area contributed by atoms with Gasteiger partial charge in [0.25, 0.3) is 0 Å². The van der Waals surface area contributed by atoms with Crippen molar-refractivity contribution in [1.29, 1.82) is 0 Å². The Hall–Kier alpha value is -2.67. The summed E-state index contributed by atoms with van der Waals surface area (Å²) in [5.41, 5.74) is 5.09. The minimum atomic E-state index is 1.26. The van der Waals surface area contributed by atoms with E-state index in [-0.39, 0.29) is 0 Å². The summed E-state index contributed by atoms with van der Waals surface area (Å²) in [6.45, 7) is 2.00. The van der Waals surface area contributed by atoms with E-state index in [2.05, 4.69) is 84.9 Å². The summed E-state index contributed by atoms with van der Waals surface area (Å²) >= 11 is 0. The second-order valence-electron chi connectivity index (χ2n) is 4.28. The fourth-order valence-corrected chi connectivity index (χ4v) is 2.22. The molecule has 0 aliphatic heterocycles. The number of carbonyl (C=O) groups is 1. The van der Waals surface area contributed by atoms with Gasteiger partial charge >= 0.3 is 0 Å². The molecular weight excluding hydrogens is 244 g/mol. The van der Waals surface area contributed by atoms with Crippen molar-refractivity contribution in [3.8, 4) is 22.3 Å². The van der Waals surface area contributed by atoms with Crippen LogP contribution >= 0.6 is 0 Å². The predicted molar refractivity (Wildman–Crippen MR) is 84.4 cm³/mol. The van der Waals surface area contributed by atoms with E-state index in [1.165, 1.54) is 22.3 Å². The van der Waals surface area contributed by atoms with Crippen molar-refractivity contribution in [2.24, 2.45) is 0 Å². The van der Waals surface area contributed by atoms with Crippen molar-refractivity contribution < 1.29 is 4.79 Å². The van der Waals surface area contributed by atoms with Gasteiger partial charge in [-0.05, 0) is 22.3 Å². The molecule has 0 radical (unpaired) electrons. The van der Waals surface area contributed by atoms with Crippen LogP contribution in [-0.4, -0.2) is 6.79 Å². The molecule has 98 valence electrons. The SMILES string of the molecule is C=O.c1ccc(-c2ccccc2-c2ccccc2)cc1. The summed E-state index contributed by atoms with van der Waals surface area (Å²) in [6.07, 6.45) is 0. The zero-order chi connectivity index (χ0) is 14.2. The molecule has 3 aromatic carbocycles.